The molecule has 1 saturated heterocycles. The van der Waals surface area contributed by atoms with E-state index in [9.17, 15) is 0 Å². The zero-order chi connectivity index (χ0) is 12.6. The van der Waals surface area contributed by atoms with Gasteiger partial charge in [0.2, 0.25) is 0 Å². The minimum atomic E-state index is 0.692. The Morgan fingerprint density at radius 2 is 1.83 bits per heavy atom. The molecule has 0 bridgehead atoms. The van der Waals surface area contributed by atoms with Crippen molar-refractivity contribution >= 4 is 15.9 Å². The molecule has 2 heteroatoms. The maximum absolute atomic E-state index is 5.41. The molecule has 0 aliphatic carbocycles. The van der Waals surface area contributed by atoms with E-state index in [1.807, 2.05) is 0 Å². The number of unbranched alkanes of at least 4 members (excludes halogenated alkanes) is 1. The highest BCUT2D eigenvalue weighted by Crippen LogP contribution is 2.27. The van der Waals surface area contributed by atoms with Gasteiger partial charge in [0.25, 0.3) is 0 Å². The maximum Gasteiger partial charge on any atom is 0.0469 e. The van der Waals surface area contributed by atoms with Crippen LogP contribution >= 0.6 is 15.9 Å². The molecule has 0 N–H and O–H groups in total. The molecule has 0 unspecified atom stereocenters. The van der Waals surface area contributed by atoms with Crippen molar-refractivity contribution in [2.24, 2.45) is 5.92 Å². The lowest BCUT2D eigenvalue weighted by atomic mass is 9.93. The predicted octanol–water partition coefficient (Wildman–Crippen LogP) is 4.59. The summed E-state index contributed by atoms with van der Waals surface area (Å²) in [4.78, 5) is 0.692. The van der Waals surface area contributed by atoms with Crippen molar-refractivity contribution in [3.8, 4) is 0 Å². The van der Waals surface area contributed by atoms with Crippen LogP contribution in [-0.2, 0) is 11.2 Å². The topological polar surface area (TPSA) is 9.23 Å². The van der Waals surface area contributed by atoms with Gasteiger partial charge in [-0.2, -0.15) is 0 Å². The number of benzene rings is 1. The Morgan fingerprint density at radius 3 is 2.56 bits per heavy atom. The normalized spacial score (nSPS) is 18.7. The van der Waals surface area contributed by atoms with Crippen LogP contribution in [0.15, 0.2) is 30.3 Å². The second-order valence-corrected chi connectivity index (χ2v) is 6.37. The average Bonchev–Trinajstić information content (AvgIpc) is 2.45. The molecular weight excluding hydrogens is 288 g/mol. The van der Waals surface area contributed by atoms with Crippen molar-refractivity contribution in [1.82, 2.24) is 0 Å². The predicted molar refractivity (Wildman–Crippen MR) is 80.3 cm³/mol. The Bertz CT molecular complexity index is 319. The van der Waals surface area contributed by atoms with Crippen LogP contribution in [0.2, 0.25) is 0 Å². The van der Waals surface area contributed by atoms with Gasteiger partial charge in [0.1, 0.15) is 0 Å². The van der Waals surface area contributed by atoms with E-state index in [1.54, 1.807) is 0 Å². The molecule has 0 saturated carbocycles. The third kappa shape index (κ3) is 4.74. The van der Waals surface area contributed by atoms with E-state index in [1.165, 1.54) is 44.1 Å². The standard InChI is InChI=1S/C16H23BrO/c17-16(15-10-12-18-13-11-15)9-5-4-8-14-6-2-1-3-7-14/h1-3,6-7,15-16H,4-5,8-13H2/t16-/m1/s1. The highest BCUT2D eigenvalue weighted by atomic mass is 79.9. The van der Waals surface area contributed by atoms with Gasteiger partial charge in [0, 0.05) is 18.0 Å². The summed E-state index contributed by atoms with van der Waals surface area (Å²) in [5.74, 6) is 0.829. The van der Waals surface area contributed by atoms with E-state index in [0.717, 1.165) is 19.1 Å². The fraction of sp³-hybridized carbons (Fsp3) is 0.625. The van der Waals surface area contributed by atoms with Crippen LogP contribution < -0.4 is 0 Å². The summed E-state index contributed by atoms with van der Waals surface area (Å²) in [7, 11) is 0. The molecule has 1 aliphatic heterocycles. The summed E-state index contributed by atoms with van der Waals surface area (Å²) >= 11 is 3.87. The summed E-state index contributed by atoms with van der Waals surface area (Å²) in [6.45, 7) is 1.91. The average molecular weight is 311 g/mol. The van der Waals surface area contributed by atoms with E-state index in [-0.39, 0.29) is 0 Å². The molecule has 18 heavy (non-hydrogen) atoms. The van der Waals surface area contributed by atoms with Crippen LogP contribution in [0, 0.1) is 5.92 Å². The lowest BCUT2D eigenvalue weighted by molar-refractivity contribution is 0.0654. The first-order chi connectivity index (χ1) is 8.86. The zero-order valence-electron chi connectivity index (χ0n) is 11.0. The lowest BCUT2D eigenvalue weighted by Gasteiger charge is -2.26. The zero-order valence-corrected chi connectivity index (χ0v) is 12.6. The quantitative estimate of drug-likeness (QED) is 0.551. The fourth-order valence-electron chi connectivity index (χ4n) is 2.63. The molecule has 1 aromatic rings. The van der Waals surface area contributed by atoms with Gasteiger partial charge in [0.05, 0.1) is 0 Å². The van der Waals surface area contributed by atoms with Crippen LogP contribution in [0.5, 0.6) is 0 Å². The molecule has 0 aromatic heterocycles. The highest BCUT2D eigenvalue weighted by molar-refractivity contribution is 9.09. The second kappa shape index (κ2) is 7.96. The SMILES string of the molecule is Br[C@H](CCCCc1ccccc1)C1CCOCC1. The number of ether oxygens (including phenoxy) is 1. The van der Waals surface area contributed by atoms with Crippen molar-refractivity contribution in [2.75, 3.05) is 13.2 Å². The number of halogens is 1. The molecule has 1 nitrogen and oxygen atoms in total. The van der Waals surface area contributed by atoms with Gasteiger partial charge in [-0.3, -0.25) is 0 Å². The third-order valence-electron chi connectivity index (χ3n) is 3.82. The Hall–Kier alpha value is -0.340. The summed E-state index contributed by atoms with van der Waals surface area (Å²) < 4.78 is 5.41. The van der Waals surface area contributed by atoms with Crippen molar-refractivity contribution in [2.45, 2.75) is 43.4 Å². The second-order valence-electron chi connectivity index (χ2n) is 5.20. The summed E-state index contributed by atoms with van der Waals surface area (Å²) in [5, 5.41) is 0. The van der Waals surface area contributed by atoms with Crippen molar-refractivity contribution in [3.05, 3.63) is 35.9 Å². The van der Waals surface area contributed by atoms with E-state index in [4.69, 9.17) is 4.74 Å². The van der Waals surface area contributed by atoms with Gasteiger partial charge in [-0.15, -0.1) is 0 Å². The minimum Gasteiger partial charge on any atom is -0.381 e. The molecular formula is C16H23BrO. The first kappa shape index (κ1) is 14.1. The molecule has 0 radical (unpaired) electrons. The highest BCUT2D eigenvalue weighted by Gasteiger charge is 2.21. The van der Waals surface area contributed by atoms with Crippen LogP contribution in [-0.4, -0.2) is 18.0 Å². The number of hydrogen-bond donors (Lipinski definition) is 0. The van der Waals surface area contributed by atoms with Gasteiger partial charge in [0.15, 0.2) is 0 Å². The van der Waals surface area contributed by atoms with Gasteiger partial charge in [-0.25, -0.2) is 0 Å². The van der Waals surface area contributed by atoms with Gasteiger partial charge >= 0.3 is 0 Å². The number of alkyl halides is 1. The summed E-state index contributed by atoms with van der Waals surface area (Å²) in [6.07, 6.45) is 7.60. The number of rotatable bonds is 6. The maximum atomic E-state index is 5.41. The largest absolute Gasteiger partial charge is 0.381 e. The van der Waals surface area contributed by atoms with Crippen molar-refractivity contribution < 1.29 is 4.74 Å². The Labute approximate surface area is 119 Å². The monoisotopic (exact) mass is 310 g/mol. The van der Waals surface area contributed by atoms with Gasteiger partial charge in [-0.05, 0) is 43.6 Å². The van der Waals surface area contributed by atoms with E-state index >= 15 is 0 Å². The Kier molecular flexibility index (Phi) is 6.22. The molecule has 1 heterocycles. The van der Waals surface area contributed by atoms with E-state index in [2.05, 4.69) is 46.3 Å². The van der Waals surface area contributed by atoms with Gasteiger partial charge < -0.3 is 4.74 Å². The summed E-state index contributed by atoms with van der Waals surface area (Å²) in [6, 6.07) is 10.8. The molecule has 1 aliphatic rings. The van der Waals surface area contributed by atoms with Crippen LogP contribution in [0.1, 0.15) is 37.7 Å². The molecule has 0 amide bonds. The first-order valence-corrected chi connectivity index (χ1v) is 8.03. The molecule has 1 fully saturated rings. The van der Waals surface area contributed by atoms with Crippen LogP contribution in [0.25, 0.3) is 0 Å². The van der Waals surface area contributed by atoms with Crippen molar-refractivity contribution in [3.63, 3.8) is 0 Å². The summed E-state index contributed by atoms with van der Waals surface area (Å²) in [5.41, 5.74) is 1.47. The number of hydrogen-bond acceptors (Lipinski definition) is 1. The van der Waals surface area contributed by atoms with Crippen LogP contribution in [0.3, 0.4) is 0 Å². The van der Waals surface area contributed by atoms with Gasteiger partial charge in [-0.1, -0.05) is 52.7 Å². The van der Waals surface area contributed by atoms with E-state index < -0.39 is 0 Å². The molecule has 1 aromatic carbocycles. The smallest absolute Gasteiger partial charge is 0.0469 e. The Morgan fingerprint density at radius 1 is 1.11 bits per heavy atom. The van der Waals surface area contributed by atoms with Crippen molar-refractivity contribution in [1.29, 1.82) is 0 Å². The molecule has 100 valence electrons. The Balaban J connectivity index is 1.60. The third-order valence-corrected chi connectivity index (χ3v) is 5.02. The minimum absolute atomic E-state index is 0.692. The molecule has 0 spiro atoms. The molecule has 1 atom stereocenters. The number of aryl methyl sites for hydroxylation is 1. The lowest BCUT2D eigenvalue weighted by Crippen LogP contribution is -2.23. The van der Waals surface area contributed by atoms with Crippen LogP contribution in [0.4, 0.5) is 0 Å². The molecule has 2 rings (SSSR count). The fourth-order valence-corrected chi connectivity index (χ4v) is 3.48. The first-order valence-electron chi connectivity index (χ1n) is 7.12. The van der Waals surface area contributed by atoms with E-state index in [0.29, 0.717) is 4.83 Å².